The third-order valence-electron chi connectivity index (χ3n) is 2.60. The maximum Gasteiger partial charge on any atom is 0.319 e. The van der Waals surface area contributed by atoms with Crippen molar-refractivity contribution in [3.63, 3.8) is 0 Å². The number of urea groups is 1. The largest absolute Gasteiger partial charge is 0.548 e. The fourth-order valence-electron chi connectivity index (χ4n) is 1.57. The van der Waals surface area contributed by atoms with Gasteiger partial charge >= 0.3 is 6.03 Å². The number of anilines is 1. The van der Waals surface area contributed by atoms with E-state index in [9.17, 15) is 24.6 Å². The fraction of sp³-hybridized carbons (Fsp3) is 0.308. The van der Waals surface area contributed by atoms with Crippen molar-refractivity contribution in [2.24, 2.45) is 5.92 Å². The number of benzene rings is 1. The van der Waals surface area contributed by atoms with Gasteiger partial charge in [-0.15, -0.1) is 0 Å². The second-order valence-electron chi connectivity index (χ2n) is 4.47. The van der Waals surface area contributed by atoms with Crippen molar-refractivity contribution in [3.05, 3.63) is 29.8 Å². The first-order valence-corrected chi connectivity index (χ1v) is 5.91. The van der Waals surface area contributed by atoms with Gasteiger partial charge in [0.05, 0.1) is 23.7 Å². The summed E-state index contributed by atoms with van der Waals surface area (Å²) in [5.41, 5.74) is -0.178. The number of carbonyl (C=O) groups excluding carboxylic acids is 3. The van der Waals surface area contributed by atoms with Crippen molar-refractivity contribution in [2.75, 3.05) is 5.32 Å². The predicted octanol–water partition coefficient (Wildman–Crippen LogP) is -1.05. The molecule has 0 aliphatic rings. The van der Waals surface area contributed by atoms with Gasteiger partial charge in [-0.25, -0.2) is 4.79 Å². The van der Waals surface area contributed by atoms with Crippen molar-refractivity contribution in [2.45, 2.75) is 19.9 Å². The van der Waals surface area contributed by atoms with E-state index in [4.69, 9.17) is 0 Å². The second kappa shape index (κ2) is 6.55. The lowest BCUT2D eigenvalue weighted by atomic mass is 10.1. The first-order chi connectivity index (χ1) is 9.32. The van der Waals surface area contributed by atoms with Gasteiger partial charge in [-0.3, -0.25) is 0 Å². The lowest BCUT2D eigenvalue weighted by Gasteiger charge is -2.23. The van der Waals surface area contributed by atoms with Crippen LogP contribution in [0.3, 0.4) is 0 Å². The van der Waals surface area contributed by atoms with Crippen LogP contribution >= 0.6 is 0 Å². The molecule has 7 heteroatoms. The predicted molar refractivity (Wildman–Crippen MR) is 66.6 cm³/mol. The average molecular weight is 278 g/mol. The molecule has 0 bridgehead atoms. The maximum absolute atomic E-state index is 11.7. The molecular weight excluding hydrogens is 264 g/mol. The summed E-state index contributed by atoms with van der Waals surface area (Å²) in [6, 6.07) is 3.64. The van der Waals surface area contributed by atoms with Crippen LogP contribution in [0.2, 0.25) is 0 Å². The molecule has 0 spiro atoms. The topological polar surface area (TPSA) is 121 Å². The van der Waals surface area contributed by atoms with Crippen molar-refractivity contribution >= 4 is 23.7 Å². The van der Waals surface area contributed by atoms with E-state index < -0.39 is 24.0 Å². The highest BCUT2D eigenvalue weighted by atomic mass is 16.4. The number of hydrogen-bond acceptors (Lipinski definition) is 5. The highest BCUT2D eigenvalue weighted by Crippen LogP contribution is 2.14. The highest BCUT2D eigenvalue weighted by Gasteiger charge is 2.17. The van der Waals surface area contributed by atoms with E-state index >= 15 is 0 Å². The number of aromatic carboxylic acids is 1. The van der Waals surface area contributed by atoms with Crippen LogP contribution in [0, 0.1) is 5.92 Å². The third kappa shape index (κ3) is 3.98. The second-order valence-corrected chi connectivity index (χ2v) is 4.47. The van der Waals surface area contributed by atoms with Gasteiger partial charge in [0.1, 0.15) is 0 Å². The van der Waals surface area contributed by atoms with Crippen molar-refractivity contribution < 1.29 is 24.6 Å². The SMILES string of the molecule is CC(C)[C@H](NC(=O)Nc1ccccc1C(=O)[O-])C(=O)[O-]. The van der Waals surface area contributed by atoms with Gasteiger partial charge < -0.3 is 30.4 Å². The van der Waals surface area contributed by atoms with Crippen LogP contribution in [0.1, 0.15) is 24.2 Å². The minimum absolute atomic E-state index is 0.0193. The van der Waals surface area contributed by atoms with E-state index in [2.05, 4.69) is 10.6 Å². The molecule has 1 atom stereocenters. The minimum Gasteiger partial charge on any atom is -0.548 e. The quantitative estimate of drug-likeness (QED) is 0.711. The lowest BCUT2D eigenvalue weighted by molar-refractivity contribution is -0.309. The van der Waals surface area contributed by atoms with Crippen molar-refractivity contribution in [1.82, 2.24) is 5.32 Å². The van der Waals surface area contributed by atoms with E-state index in [1.165, 1.54) is 24.3 Å². The number of carbonyl (C=O) groups is 3. The fourth-order valence-corrected chi connectivity index (χ4v) is 1.57. The number of aliphatic carboxylic acids is 1. The first-order valence-electron chi connectivity index (χ1n) is 5.91. The van der Waals surface area contributed by atoms with Gasteiger partial charge in [0.25, 0.3) is 0 Å². The molecule has 0 heterocycles. The standard InChI is InChI=1S/C13H16N2O5/c1-7(2)10(12(18)19)15-13(20)14-9-6-4-3-5-8(9)11(16)17/h3-7,10H,1-2H3,(H,16,17)(H,18,19)(H2,14,15,20)/p-2/t10-/m0/s1. The molecule has 0 radical (unpaired) electrons. The van der Waals surface area contributed by atoms with Crippen molar-refractivity contribution in [3.8, 4) is 0 Å². The molecule has 1 aromatic rings. The molecule has 2 N–H and O–H groups in total. The van der Waals surface area contributed by atoms with E-state index in [-0.39, 0.29) is 17.2 Å². The van der Waals surface area contributed by atoms with Gasteiger partial charge in [-0.2, -0.15) is 0 Å². The maximum atomic E-state index is 11.7. The molecule has 20 heavy (non-hydrogen) atoms. The third-order valence-corrected chi connectivity index (χ3v) is 2.60. The van der Waals surface area contributed by atoms with Crippen LogP contribution in [-0.2, 0) is 4.79 Å². The number of rotatable bonds is 5. The summed E-state index contributed by atoms with van der Waals surface area (Å²) in [5.74, 6) is -3.23. The van der Waals surface area contributed by atoms with Crippen molar-refractivity contribution in [1.29, 1.82) is 0 Å². The zero-order chi connectivity index (χ0) is 15.3. The monoisotopic (exact) mass is 278 g/mol. The molecule has 1 aromatic carbocycles. The summed E-state index contributed by atoms with van der Waals surface area (Å²) in [6.45, 7) is 3.21. The van der Waals surface area contributed by atoms with Crippen LogP contribution in [0.25, 0.3) is 0 Å². The number of carboxylic acids is 2. The van der Waals surface area contributed by atoms with Crippen LogP contribution in [0.15, 0.2) is 24.3 Å². The minimum atomic E-state index is -1.44. The van der Waals surface area contributed by atoms with E-state index in [1.54, 1.807) is 13.8 Å². The normalized spacial score (nSPS) is 11.8. The highest BCUT2D eigenvalue weighted by molar-refractivity contribution is 5.99. The summed E-state index contributed by atoms with van der Waals surface area (Å²) < 4.78 is 0. The lowest BCUT2D eigenvalue weighted by Crippen LogP contribution is -2.52. The molecule has 0 aliphatic carbocycles. The molecule has 1 rings (SSSR count). The Balaban J connectivity index is 2.81. The van der Waals surface area contributed by atoms with Gasteiger partial charge in [0, 0.05) is 5.56 Å². The Kier molecular flexibility index (Phi) is 5.08. The van der Waals surface area contributed by atoms with Crippen LogP contribution in [0.4, 0.5) is 10.5 Å². The molecule has 0 unspecified atom stereocenters. The Morgan fingerprint density at radius 2 is 1.70 bits per heavy atom. The molecule has 108 valence electrons. The van der Waals surface area contributed by atoms with Crippen LogP contribution in [-0.4, -0.2) is 24.0 Å². The molecule has 2 amide bonds. The van der Waals surface area contributed by atoms with Crippen LogP contribution in [0.5, 0.6) is 0 Å². The molecule has 7 nitrogen and oxygen atoms in total. The first kappa shape index (κ1) is 15.5. The summed E-state index contributed by atoms with van der Waals surface area (Å²) in [6.07, 6.45) is 0. The number of nitrogens with one attached hydrogen (secondary N) is 2. The smallest absolute Gasteiger partial charge is 0.319 e. The van der Waals surface area contributed by atoms with E-state index in [0.29, 0.717) is 0 Å². The average Bonchev–Trinajstić information content (AvgIpc) is 2.35. The summed E-state index contributed by atoms with van der Waals surface area (Å²) in [4.78, 5) is 33.4. The van der Waals surface area contributed by atoms with E-state index in [1.807, 2.05) is 0 Å². The zero-order valence-corrected chi connectivity index (χ0v) is 11.0. The summed E-state index contributed by atoms with van der Waals surface area (Å²) >= 11 is 0. The molecular formula is C13H14N2O5-2. The van der Waals surface area contributed by atoms with Gasteiger partial charge in [-0.1, -0.05) is 32.0 Å². The number of para-hydroxylation sites is 1. The molecule has 0 saturated carbocycles. The Bertz CT molecular complexity index is 527. The number of hydrogen-bond donors (Lipinski definition) is 2. The van der Waals surface area contributed by atoms with Gasteiger partial charge in [0.15, 0.2) is 0 Å². The molecule has 0 saturated heterocycles. The zero-order valence-electron chi connectivity index (χ0n) is 11.0. The Morgan fingerprint density at radius 1 is 1.10 bits per heavy atom. The Hall–Kier alpha value is -2.57. The van der Waals surface area contributed by atoms with E-state index in [0.717, 1.165) is 0 Å². The van der Waals surface area contributed by atoms with Gasteiger partial charge in [0.2, 0.25) is 0 Å². The van der Waals surface area contributed by atoms with Crippen LogP contribution < -0.4 is 20.8 Å². The van der Waals surface area contributed by atoms with Gasteiger partial charge in [-0.05, 0) is 12.0 Å². The molecule has 0 aliphatic heterocycles. The Morgan fingerprint density at radius 3 is 2.20 bits per heavy atom. The molecule has 0 fully saturated rings. The Labute approximate surface area is 115 Å². The summed E-state index contributed by atoms with van der Waals surface area (Å²) in [7, 11) is 0. The molecule has 0 aromatic heterocycles. The number of amides is 2. The number of carboxylic acid groups (broad SMARTS) is 2. The summed E-state index contributed by atoms with van der Waals surface area (Å²) in [5, 5.41) is 26.2.